The average molecular weight is 365 g/mol. The molecule has 0 N–H and O–H groups in total. The van der Waals surface area contributed by atoms with E-state index in [0.717, 1.165) is 20.1 Å². The van der Waals surface area contributed by atoms with Crippen LogP contribution >= 0.6 is 23.1 Å². The van der Waals surface area contributed by atoms with Crippen molar-refractivity contribution in [3.05, 3.63) is 71.1 Å². The summed E-state index contributed by atoms with van der Waals surface area (Å²) < 4.78 is 1.87. The minimum absolute atomic E-state index is 0.106. The number of benzene rings is 2. The smallest absolute Gasteiger partial charge is 0.183 e. The van der Waals surface area contributed by atoms with Crippen molar-refractivity contribution < 1.29 is 9.59 Å². The zero-order valence-electron chi connectivity index (χ0n) is 13.6. The number of thiazole rings is 1. The Kier molecular flexibility index (Phi) is 4.06. The lowest BCUT2D eigenvalue weighted by Gasteiger charge is -2.20. The Morgan fingerprint density at radius 1 is 1.04 bits per heavy atom. The number of thioether (sulfide) groups is 1. The van der Waals surface area contributed by atoms with Gasteiger partial charge >= 0.3 is 0 Å². The number of carbonyl (C=O) groups excluding carboxylic acids is 2. The average Bonchev–Trinajstić information content (AvgIpc) is 3.11. The van der Waals surface area contributed by atoms with Crippen LogP contribution in [0.5, 0.6) is 0 Å². The maximum Gasteiger partial charge on any atom is 0.183 e. The first kappa shape index (κ1) is 16.2. The summed E-state index contributed by atoms with van der Waals surface area (Å²) in [5.41, 5.74) is 0.895. The van der Waals surface area contributed by atoms with Gasteiger partial charge in [-0.3, -0.25) is 9.59 Å². The van der Waals surface area contributed by atoms with Crippen LogP contribution in [-0.4, -0.2) is 16.6 Å². The molecule has 0 fully saturated rings. The van der Waals surface area contributed by atoms with Gasteiger partial charge < -0.3 is 0 Å². The van der Waals surface area contributed by atoms with Crippen LogP contribution in [0.15, 0.2) is 69.9 Å². The molecule has 5 heteroatoms. The van der Waals surface area contributed by atoms with Gasteiger partial charge in [0.2, 0.25) is 0 Å². The van der Waals surface area contributed by atoms with Gasteiger partial charge in [0.25, 0.3) is 0 Å². The highest BCUT2D eigenvalue weighted by atomic mass is 32.2. The highest BCUT2D eigenvalue weighted by molar-refractivity contribution is 8.05. The van der Waals surface area contributed by atoms with Crippen LogP contribution in [0.1, 0.15) is 12.5 Å². The molecule has 3 aromatic rings. The standard InChI is InChI=1S/C20H15NO2S2/c1-20(12-13-7-3-2-4-8-13)17(22)11-16(18(20)23)25-19-21-14-9-5-6-10-15(14)24-19/h2-11H,12H2,1H3/t20-/m1/s1. The topological polar surface area (TPSA) is 47.0 Å². The predicted molar refractivity (Wildman–Crippen MR) is 102 cm³/mol. The molecule has 1 aromatic heterocycles. The number of para-hydroxylation sites is 1. The van der Waals surface area contributed by atoms with Crippen molar-refractivity contribution in [3.8, 4) is 0 Å². The fraction of sp³-hybridized carbons (Fsp3) is 0.150. The maximum atomic E-state index is 12.9. The van der Waals surface area contributed by atoms with Gasteiger partial charge in [-0.25, -0.2) is 4.98 Å². The minimum atomic E-state index is -1.01. The minimum Gasteiger partial charge on any atom is -0.294 e. The molecule has 3 nitrogen and oxygen atoms in total. The Balaban J connectivity index is 1.58. The summed E-state index contributed by atoms with van der Waals surface area (Å²) in [5, 5.41) is 0. The van der Waals surface area contributed by atoms with Crippen LogP contribution in [0.4, 0.5) is 0 Å². The summed E-state index contributed by atoms with van der Waals surface area (Å²) in [7, 11) is 0. The molecule has 0 radical (unpaired) electrons. The number of rotatable bonds is 4. The van der Waals surface area contributed by atoms with Gasteiger partial charge in [-0.05, 0) is 37.1 Å². The molecule has 0 amide bonds. The molecule has 0 spiro atoms. The van der Waals surface area contributed by atoms with E-state index in [1.165, 1.54) is 29.2 Å². The Hall–Kier alpha value is -2.24. The van der Waals surface area contributed by atoms with Crippen LogP contribution in [0.2, 0.25) is 0 Å². The third-order valence-corrected chi connectivity index (χ3v) is 6.52. The van der Waals surface area contributed by atoms with Crippen LogP contribution in [0.25, 0.3) is 10.2 Å². The molecule has 0 unspecified atom stereocenters. The van der Waals surface area contributed by atoms with Crippen molar-refractivity contribution in [3.63, 3.8) is 0 Å². The van der Waals surface area contributed by atoms with Crippen molar-refractivity contribution in [2.75, 3.05) is 0 Å². The van der Waals surface area contributed by atoms with Crippen molar-refractivity contribution in [1.82, 2.24) is 4.98 Å². The van der Waals surface area contributed by atoms with Gasteiger partial charge in [0.05, 0.1) is 20.5 Å². The first-order chi connectivity index (χ1) is 12.1. The lowest BCUT2D eigenvalue weighted by molar-refractivity contribution is -0.132. The van der Waals surface area contributed by atoms with Crippen molar-refractivity contribution in [1.29, 1.82) is 0 Å². The summed E-state index contributed by atoms with van der Waals surface area (Å²) >= 11 is 2.84. The molecular weight excluding hydrogens is 350 g/mol. The van der Waals surface area contributed by atoms with Crippen LogP contribution in [0, 0.1) is 5.41 Å². The molecule has 0 bridgehead atoms. The first-order valence-corrected chi connectivity index (χ1v) is 9.58. The quantitative estimate of drug-likeness (QED) is 0.630. The first-order valence-electron chi connectivity index (χ1n) is 7.94. The normalized spacial score (nSPS) is 20.3. The summed E-state index contributed by atoms with van der Waals surface area (Å²) in [6, 6.07) is 17.5. The molecular formula is C20H15NO2S2. The molecule has 1 aliphatic rings. The highest BCUT2D eigenvalue weighted by Gasteiger charge is 2.46. The third-order valence-electron chi connectivity index (χ3n) is 4.40. The third kappa shape index (κ3) is 2.94. The van der Waals surface area contributed by atoms with Crippen molar-refractivity contribution in [2.45, 2.75) is 17.7 Å². The Labute approximate surface area is 153 Å². The van der Waals surface area contributed by atoms with E-state index in [1.54, 1.807) is 6.92 Å². The van der Waals surface area contributed by atoms with E-state index in [1.807, 2.05) is 54.6 Å². The number of ketones is 2. The number of carbonyl (C=O) groups is 2. The van der Waals surface area contributed by atoms with E-state index in [9.17, 15) is 9.59 Å². The summed E-state index contributed by atoms with van der Waals surface area (Å²) in [6.07, 6.45) is 1.91. The number of allylic oxidation sites excluding steroid dienone is 2. The van der Waals surface area contributed by atoms with Gasteiger partial charge in [0.1, 0.15) is 0 Å². The molecule has 1 aliphatic carbocycles. The van der Waals surface area contributed by atoms with E-state index in [2.05, 4.69) is 4.98 Å². The Morgan fingerprint density at radius 2 is 1.76 bits per heavy atom. The Morgan fingerprint density at radius 3 is 2.52 bits per heavy atom. The van der Waals surface area contributed by atoms with E-state index in [-0.39, 0.29) is 11.6 Å². The molecule has 2 aromatic carbocycles. The molecule has 0 saturated heterocycles. The molecule has 1 heterocycles. The largest absolute Gasteiger partial charge is 0.294 e. The van der Waals surface area contributed by atoms with Crippen molar-refractivity contribution in [2.24, 2.45) is 5.41 Å². The van der Waals surface area contributed by atoms with Crippen LogP contribution in [-0.2, 0) is 16.0 Å². The van der Waals surface area contributed by atoms with E-state index < -0.39 is 5.41 Å². The van der Waals surface area contributed by atoms with Crippen molar-refractivity contribution >= 4 is 44.9 Å². The lowest BCUT2D eigenvalue weighted by atomic mass is 9.80. The number of hydrogen-bond donors (Lipinski definition) is 0. The molecule has 0 aliphatic heterocycles. The Bertz CT molecular complexity index is 974. The summed E-state index contributed by atoms with van der Waals surface area (Å²) in [6.45, 7) is 1.74. The lowest BCUT2D eigenvalue weighted by Crippen LogP contribution is -2.33. The number of hydrogen-bond acceptors (Lipinski definition) is 5. The molecule has 1 atom stereocenters. The number of Topliss-reactive ketones (excluding diaryl/α,β-unsaturated/α-hetero) is 1. The molecule has 0 saturated carbocycles. The fourth-order valence-electron chi connectivity index (χ4n) is 2.96. The van der Waals surface area contributed by atoms with Gasteiger partial charge in [0.15, 0.2) is 15.9 Å². The van der Waals surface area contributed by atoms with Gasteiger partial charge in [0, 0.05) is 0 Å². The maximum absolute atomic E-state index is 12.9. The summed E-state index contributed by atoms with van der Waals surface area (Å²) in [5.74, 6) is -0.226. The fourth-order valence-corrected chi connectivity index (χ4v) is 5.18. The second-order valence-electron chi connectivity index (χ2n) is 6.25. The second kappa shape index (κ2) is 6.24. The van der Waals surface area contributed by atoms with E-state index in [0.29, 0.717) is 11.3 Å². The van der Waals surface area contributed by atoms with Crippen LogP contribution in [0.3, 0.4) is 0 Å². The van der Waals surface area contributed by atoms with Crippen LogP contribution < -0.4 is 0 Å². The monoisotopic (exact) mass is 365 g/mol. The number of fused-ring (bicyclic) bond motifs is 1. The highest BCUT2D eigenvalue weighted by Crippen LogP contribution is 2.42. The summed E-state index contributed by atoms with van der Waals surface area (Å²) in [4.78, 5) is 30.5. The van der Waals surface area contributed by atoms with Gasteiger partial charge in [-0.1, -0.05) is 54.2 Å². The van der Waals surface area contributed by atoms with Gasteiger partial charge in [-0.2, -0.15) is 0 Å². The molecule has 25 heavy (non-hydrogen) atoms. The number of nitrogens with zero attached hydrogens (tertiary/aromatic N) is 1. The zero-order valence-corrected chi connectivity index (χ0v) is 15.2. The van der Waals surface area contributed by atoms with E-state index >= 15 is 0 Å². The second-order valence-corrected chi connectivity index (χ2v) is 8.57. The molecule has 124 valence electrons. The predicted octanol–water partition coefficient (Wildman–Crippen LogP) is 4.67. The molecule has 4 rings (SSSR count). The zero-order chi connectivity index (χ0) is 17.4. The number of aromatic nitrogens is 1. The van der Waals surface area contributed by atoms with E-state index in [4.69, 9.17) is 0 Å². The SMILES string of the molecule is C[C@@]1(Cc2ccccc2)C(=O)C=C(Sc2nc3ccccc3s2)C1=O. The van der Waals surface area contributed by atoms with Gasteiger partial charge in [-0.15, -0.1) is 11.3 Å².